The normalized spacial score (nSPS) is 19.9. The van der Waals surface area contributed by atoms with Gasteiger partial charge in [-0.25, -0.2) is 0 Å². The van der Waals surface area contributed by atoms with Crippen molar-refractivity contribution in [3.05, 3.63) is 46.4 Å². The van der Waals surface area contributed by atoms with Crippen LogP contribution in [0.25, 0.3) is 11.1 Å². The predicted octanol–water partition coefficient (Wildman–Crippen LogP) is 2.93. The van der Waals surface area contributed by atoms with E-state index in [0.29, 0.717) is 0 Å². The van der Waals surface area contributed by atoms with E-state index in [1.807, 2.05) is 0 Å². The predicted molar refractivity (Wildman–Crippen MR) is 82.2 cm³/mol. The molecule has 0 aliphatic rings. The molecule has 106 valence electrons. The molecule has 20 heavy (non-hydrogen) atoms. The van der Waals surface area contributed by atoms with Crippen molar-refractivity contribution in [2.75, 3.05) is 12.8 Å². The number of pyridine rings is 1. The maximum atomic E-state index is 12.2. The smallest absolute Gasteiger partial charge is 0.255 e. The van der Waals surface area contributed by atoms with Crippen LogP contribution in [-0.4, -0.2) is 12.1 Å². The highest BCUT2D eigenvalue weighted by atomic mass is 16.5. The van der Waals surface area contributed by atoms with Crippen molar-refractivity contribution in [3.8, 4) is 16.9 Å². The average Bonchev–Trinajstić information content (AvgIpc) is 2.51. The molecule has 0 aliphatic heterocycles. The first-order valence-electron chi connectivity index (χ1n) is 10.3. The summed E-state index contributed by atoms with van der Waals surface area (Å²) in [5, 5.41) is 0. The number of hydrogen-bond donors (Lipinski definition) is 2. The maximum Gasteiger partial charge on any atom is 0.255 e. The fraction of sp³-hybridized carbons (Fsp3) is 0.312. The highest BCUT2D eigenvalue weighted by Crippen LogP contribution is 2.38. The molecule has 2 aromatic rings. The molecule has 0 spiro atoms. The number of nitrogens with two attached hydrogens (primary N) is 1. The molecule has 4 heteroatoms. The van der Waals surface area contributed by atoms with Gasteiger partial charge in [-0.2, -0.15) is 0 Å². The summed E-state index contributed by atoms with van der Waals surface area (Å²) in [6.07, 6.45) is 1.37. The molecule has 4 nitrogen and oxygen atoms in total. The average molecular weight is 281 g/mol. The number of benzene rings is 1. The Morgan fingerprint density at radius 1 is 1.35 bits per heavy atom. The second-order valence-corrected chi connectivity index (χ2v) is 4.31. The first-order valence-corrected chi connectivity index (χ1v) is 5.75. The van der Waals surface area contributed by atoms with Crippen molar-refractivity contribution >= 4 is 5.69 Å². The Bertz CT molecular complexity index is 923. The van der Waals surface area contributed by atoms with Crippen molar-refractivity contribution in [1.29, 1.82) is 0 Å². The molecular formula is C16H20N2O2. The lowest BCUT2D eigenvalue weighted by Crippen LogP contribution is -2.15. The summed E-state index contributed by atoms with van der Waals surface area (Å²) in [7, 11) is 1.12. The first kappa shape index (κ1) is 6.48. The number of nitrogen functional groups attached to an aromatic ring is 1. The van der Waals surface area contributed by atoms with Crippen LogP contribution in [0.2, 0.25) is 0 Å². The number of rotatable bonds is 2. The van der Waals surface area contributed by atoms with Crippen molar-refractivity contribution in [2.24, 2.45) is 0 Å². The summed E-state index contributed by atoms with van der Waals surface area (Å²) in [5.74, 6) is -0.385. The zero-order valence-corrected chi connectivity index (χ0v) is 10.8. The van der Waals surface area contributed by atoms with E-state index in [1.165, 1.54) is 24.4 Å². The van der Waals surface area contributed by atoms with Gasteiger partial charge in [0.1, 0.15) is 5.75 Å². The monoisotopic (exact) mass is 281 g/mol. The van der Waals surface area contributed by atoms with Gasteiger partial charge in [-0.3, -0.25) is 4.79 Å². The number of nitrogens with one attached hydrogen (secondary N) is 1. The summed E-state index contributed by atoms with van der Waals surface area (Å²) in [6, 6.07) is 5.23. The molecule has 0 fully saturated rings. The maximum absolute atomic E-state index is 12.2. The minimum Gasteiger partial charge on any atom is -0.494 e. The van der Waals surface area contributed by atoms with E-state index >= 15 is 0 Å². The lowest BCUT2D eigenvalue weighted by atomic mass is 9.84. The molecule has 0 saturated heterocycles. The van der Waals surface area contributed by atoms with Gasteiger partial charge in [-0.05, 0) is 35.2 Å². The minimum absolute atomic E-state index is 0.0543. The summed E-state index contributed by atoms with van der Waals surface area (Å²) in [6.45, 7) is -10.5. The SMILES string of the molecule is [2H]C([2H])([2H])C(c1cc(-c2ccc[nH]c2=O)cc(N)c1OC)(C([2H])([2H])[2H])C([2H])([2H])[2H]. The molecule has 0 aliphatic carbocycles. The summed E-state index contributed by atoms with van der Waals surface area (Å²) in [5.41, 5.74) is 1.36. The third-order valence-corrected chi connectivity index (χ3v) is 2.85. The molecular weight excluding hydrogens is 252 g/mol. The lowest BCUT2D eigenvalue weighted by Gasteiger charge is -2.24. The van der Waals surface area contributed by atoms with Crippen molar-refractivity contribution in [3.63, 3.8) is 0 Å². The molecule has 0 unspecified atom stereocenters. The molecule has 0 bridgehead atoms. The molecule has 2 rings (SSSR count). The van der Waals surface area contributed by atoms with Gasteiger partial charge >= 0.3 is 0 Å². The third kappa shape index (κ3) is 2.54. The van der Waals surface area contributed by atoms with Gasteiger partial charge in [-0.1, -0.05) is 20.6 Å². The molecule has 1 aromatic heterocycles. The van der Waals surface area contributed by atoms with Crippen LogP contribution in [-0.2, 0) is 5.41 Å². The van der Waals surface area contributed by atoms with Gasteiger partial charge in [0.25, 0.3) is 5.56 Å². The van der Waals surface area contributed by atoms with E-state index in [2.05, 4.69) is 4.98 Å². The summed E-state index contributed by atoms with van der Waals surface area (Å²) in [4.78, 5) is 14.6. The molecule has 1 aromatic carbocycles. The van der Waals surface area contributed by atoms with Gasteiger partial charge < -0.3 is 15.5 Å². The number of anilines is 1. The number of ether oxygens (including phenoxy) is 1. The van der Waals surface area contributed by atoms with E-state index in [0.717, 1.165) is 13.2 Å². The summed E-state index contributed by atoms with van der Waals surface area (Å²) >= 11 is 0. The largest absolute Gasteiger partial charge is 0.494 e. The van der Waals surface area contributed by atoms with Crippen LogP contribution in [0, 0.1) is 0 Å². The Hall–Kier alpha value is -2.23. The third-order valence-electron chi connectivity index (χ3n) is 2.85. The zero-order chi connectivity index (χ0) is 22.4. The fourth-order valence-corrected chi connectivity index (χ4v) is 1.96. The van der Waals surface area contributed by atoms with E-state index in [4.69, 9.17) is 22.8 Å². The number of methoxy groups -OCH3 is 1. The van der Waals surface area contributed by atoms with Crippen LogP contribution in [0.3, 0.4) is 0 Å². The second kappa shape index (κ2) is 5.04. The van der Waals surface area contributed by atoms with Gasteiger partial charge in [0.15, 0.2) is 0 Å². The van der Waals surface area contributed by atoms with Gasteiger partial charge in [-0.15, -0.1) is 0 Å². The van der Waals surface area contributed by atoms with E-state index in [1.54, 1.807) is 0 Å². The molecule has 0 atom stereocenters. The van der Waals surface area contributed by atoms with Crippen molar-refractivity contribution in [1.82, 2.24) is 4.98 Å². The summed E-state index contributed by atoms with van der Waals surface area (Å²) < 4.78 is 76.2. The first-order chi connectivity index (χ1) is 13.1. The second-order valence-electron chi connectivity index (χ2n) is 4.31. The Labute approximate surface area is 131 Å². The molecule has 1 heterocycles. The number of aromatic amines is 1. The van der Waals surface area contributed by atoms with Crippen LogP contribution in [0.5, 0.6) is 5.75 Å². The molecule has 0 saturated carbocycles. The minimum atomic E-state index is -3.50. The highest BCUT2D eigenvalue weighted by Gasteiger charge is 2.22. The molecule has 3 N–H and O–H groups in total. The van der Waals surface area contributed by atoms with E-state index in [9.17, 15) is 4.79 Å². The fourth-order valence-electron chi connectivity index (χ4n) is 1.96. The Morgan fingerprint density at radius 2 is 2.10 bits per heavy atom. The standard InChI is InChI=1S/C16H20N2O2/c1-16(2,3)12-8-10(9-13(17)14(12)20-4)11-6-5-7-18-15(11)19/h5-9H,17H2,1-4H3,(H,18,19)/i1D3,2D3,3D3. The molecule has 0 radical (unpaired) electrons. The van der Waals surface area contributed by atoms with Crippen LogP contribution in [0.15, 0.2) is 35.3 Å². The number of H-pyrrole nitrogens is 1. The Kier molecular flexibility index (Phi) is 1.63. The number of aromatic nitrogens is 1. The number of hydrogen-bond acceptors (Lipinski definition) is 3. The molecule has 0 amide bonds. The Morgan fingerprint density at radius 3 is 2.70 bits per heavy atom. The zero-order valence-electron chi connectivity index (χ0n) is 19.8. The lowest BCUT2D eigenvalue weighted by molar-refractivity contribution is 0.400. The van der Waals surface area contributed by atoms with Crippen LogP contribution in [0.1, 0.15) is 38.5 Å². The van der Waals surface area contributed by atoms with Crippen LogP contribution < -0.4 is 16.0 Å². The Balaban J connectivity index is 3.09. The highest BCUT2D eigenvalue weighted by molar-refractivity contribution is 5.73. The van der Waals surface area contributed by atoms with Gasteiger partial charge in [0, 0.05) is 29.7 Å². The topological polar surface area (TPSA) is 68.1 Å². The quantitative estimate of drug-likeness (QED) is 0.832. The van der Waals surface area contributed by atoms with Crippen LogP contribution in [0.4, 0.5) is 5.69 Å². The van der Waals surface area contributed by atoms with Crippen molar-refractivity contribution in [2.45, 2.75) is 26.0 Å². The van der Waals surface area contributed by atoms with E-state index in [-0.39, 0.29) is 22.6 Å². The van der Waals surface area contributed by atoms with Crippen LogP contribution >= 0.6 is 0 Å². The van der Waals surface area contributed by atoms with E-state index < -0.39 is 37.1 Å². The van der Waals surface area contributed by atoms with Crippen molar-refractivity contribution < 1.29 is 17.1 Å². The van der Waals surface area contributed by atoms with Gasteiger partial charge in [0.05, 0.1) is 12.8 Å². The van der Waals surface area contributed by atoms with Gasteiger partial charge in [0.2, 0.25) is 0 Å².